The van der Waals surface area contributed by atoms with E-state index in [4.69, 9.17) is 15.2 Å². The van der Waals surface area contributed by atoms with Crippen molar-refractivity contribution < 1.29 is 9.47 Å². The highest BCUT2D eigenvalue weighted by Gasteiger charge is 2.12. The molecule has 0 amide bonds. The molecular formula is C13H21NO2. The lowest BCUT2D eigenvalue weighted by molar-refractivity contribution is 0.315. The number of benzene rings is 1. The Kier molecular flexibility index (Phi) is 5.12. The number of hydrogen-bond acceptors (Lipinski definition) is 3. The maximum atomic E-state index is 5.84. The molecule has 2 N–H and O–H groups in total. The maximum absolute atomic E-state index is 5.84. The zero-order valence-corrected chi connectivity index (χ0v) is 10.3. The highest BCUT2D eigenvalue weighted by Crippen LogP contribution is 2.29. The summed E-state index contributed by atoms with van der Waals surface area (Å²) >= 11 is 0. The first kappa shape index (κ1) is 12.8. The van der Waals surface area contributed by atoms with Gasteiger partial charge < -0.3 is 15.2 Å². The number of rotatable bonds is 6. The zero-order valence-electron chi connectivity index (χ0n) is 10.3. The van der Waals surface area contributed by atoms with E-state index in [1.165, 1.54) is 0 Å². The standard InChI is InChI=1S/C13H21NO2/c1-4-15-12-7-6-8-13(16-5-2)11(12)9-10(3)14/h6-8,10H,4-5,9,14H2,1-3H3/t10-/m1/s1. The Balaban J connectivity index is 3.01. The molecule has 3 heteroatoms. The highest BCUT2D eigenvalue weighted by molar-refractivity contribution is 5.45. The lowest BCUT2D eigenvalue weighted by Gasteiger charge is -2.16. The molecule has 1 rings (SSSR count). The highest BCUT2D eigenvalue weighted by atomic mass is 16.5. The van der Waals surface area contributed by atoms with Crippen LogP contribution in [0.3, 0.4) is 0 Å². The predicted molar refractivity (Wildman–Crippen MR) is 66.1 cm³/mol. The van der Waals surface area contributed by atoms with Gasteiger partial charge in [-0.2, -0.15) is 0 Å². The van der Waals surface area contributed by atoms with Crippen molar-refractivity contribution in [2.24, 2.45) is 5.73 Å². The summed E-state index contributed by atoms with van der Waals surface area (Å²) in [7, 11) is 0. The first-order valence-electron chi connectivity index (χ1n) is 5.82. The second-order valence-corrected chi connectivity index (χ2v) is 3.78. The van der Waals surface area contributed by atoms with Crippen LogP contribution in [0.4, 0.5) is 0 Å². The molecule has 0 unspecified atom stereocenters. The topological polar surface area (TPSA) is 44.5 Å². The molecule has 0 spiro atoms. The summed E-state index contributed by atoms with van der Waals surface area (Å²) in [5.74, 6) is 1.76. The number of ether oxygens (including phenoxy) is 2. The van der Waals surface area contributed by atoms with Gasteiger partial charge in [-0.05, 0) is 39.3 Å². The van der Waals surface area contributed by atoms with E-state index in [2.05, 4.69) is 0 Å². The van der Waals surface area contributed by atoms with Gasteiger partial charge in [0.25, 0.3) is 0 Å². The van der Waals surface area contributed by atoms with E-state index in [9.17, 15) is 0 Å². The maximum Gasteiger partial charge on any atom is 0.126 e. The molecular weight excluding hydrogens is 202 g/mol. The van der Waals surface area contributed by atoms with Gasteiger partial charge in [0, 0.05) is 11.6 Å². The minimum absolute atomic E-state index is 0.0980. The Bertz CT molecular complexity index is 299. The van der Waals surface area contributed by atoms with E-state index in [1.807, 2.05) is 39.0 Å². The Labute approximate surface area is 97.6 Å². The van der Waals surface area contributed by atoms with Gasteiger partial charge in [0.15, 0.2) is 0 Å². The SMILES string of the molecule is CCOc1cccc(OCC)c1C[C@@H](C)N. The molecule has 0 aliphatic carbocycles. The molecule has 0 saturated carbocycles. The minimum atomic E-state index is 0.0980. The second kappa shape index (κ2) is 6.38. The predicted octanol–water partition coefficient (Wildman–Crippen LogP) is 2.37. The molecule has 0 fully saturated rings. The molecule has 0 bridgehead atoms. The van der Waals surface area contributed by atoms with Crippen LogP contribution in [0, 0.1) is 0 Å². The molecule has 16 heavy (non-hydrogen) atoms. The third-order valence-electron chi connectivity index (χ3n) is 2.22. The molecule has 0 aromatic heterocycles. The third kappa shape index (κ3) is 3.42. The van der Waals surface area contributed by atoms with Crippen LogP contribution < -0.4 is 15.2 Å². The van der Waals surface area contributed by atoms with Crippen LogP contribution in [0.5, 0.6) is 11.5 Å². The van der Waals surface area contributed by atoms with Crippen LogP contribution in [-0.2, 0) is 6.42 Å². The van der Waals surface area contributed by atoms with Crippen molar-refractivity contribution in [2.75, 3.05) is 13.2 Å². The van der Waals surface area contributed by atoms with Gasteiger partial charge in [0.1, 0.15) is 11.5 Å². The van der Waals surface area contributed by atoms with Crippen molar-refractivity contribution in [1.82, 2.24) is 0 Å². The Morgan fingerprint density at radius 2 is 1.62 bits per heavy atom. The van der Waals surface area contributed by atoms with Gasteiger partial charge in [0.05, 0.1) is 13.2 Å². The van der Waals surface area contributed by atoms with Crippen LogP contribution in [0.2, 0.25) is 0 Å². The number of hydrogen-bond donors (Lipinski definition) is 1. The number of nitrogens with two attached hydrogens (primary N) is 1. The summed E-state index contributed by atoms with van der Waals surface area (Å²) in [4.78, 5) is 0. The van der Waals surface area contributed by atoms with Crippen LogP contribution in [0.15, 0.2) is 18.2 Å². The van der Waals surface area contributed by atoms with Crippen molar-refractivity contribution in [2.45, 2.75) is 33.2 Å². The Morgan fingerprint density at radius 3 is 2.00 bits per heavy atom. The quantitative estimate of drug-likeness (QED) is 0.805. The normalized spacial score (nSPS) is 12.2. The van der Waals surface area contributed by atoms with Gasteiger partial charge in [-0.1, -0.05) is 6.07 Å². The fourth-order valence-electron chi connectivity index (χ4n) is 1.65. The summed E-state index contributed by atoms with van der Waals surface area (Å²) < 4.78 is 11.2. The molecule has 1 atom stereocenters. The van der Waals surface area contributed by atoms with Crippen LogP contribution in [0.1, 0.15) is 26.3 Å². The fraction of sp³-hybridized carbons (Fsp3) is 0.538. The van der Waals surface area contributed by atoms with Crippen LogP contribution in [-0.4, -0.2) is 19.3 Å². The molecule has 0 radical (unpaired) electrons. The van der Waals surface area contributed by atoms with Crippen molar-refractivity contribution in [1.29, 1.82) is 0 Å². The molecule has 1 aromatic carbocycles. The largest absolute Gasteiger partial charge is 0.493 e. The van der Waals surface area contributed by atoms with E-state index in [0.717, 1.165) is 23.5 Å². The van der Waals surface area contributed by atoms with Crippen LogP contribution in [0.25, 0.3) is 0 Å². The Hall–Kier alpha value is -1.22. The molecule has 0 saturated heterocycles. The van der Waals surface area contributed by atoms with E-state index in [1.54, 1.807) is 0 Å². The fourth-order valence-corrected chi connectivity index (χ4v) is 1.65. The summed E-state index contributed by atoms with van der Waals surface area (Å²) in [6.45, 7) is 7.24. The Morgan fingerprint density at radius 1 is 1.12 bits per heavy atom. The van der Waals surface area contributed by atoms with Gasteiger partial charge in [0.2, 0.25) is 0 Å². The first-order chi connectivity index (χ1) is 7.69. The van der Waals surface area contributed by atoms with Gasteiger partial charge in [-0.15, -0.1) is 0 Å². The van der Waals surface area contributed by atoms with Crippen LogP contribution >= 0.6 is 0 Å². The molecule has 0 aliphatic heterocycles. The third-order valence-corrected chi connectivity index (χ3v) is 2.22. The average Bonchev–Trinajstić information content (AvgIpc) is 2.23. The van der Waals surface area contributed by atoms with E-state index >= 15 is 0 Å². The summed E-state index contributed by atoms with van der Waals surface area (Å²) in [6.07, 6.45) is 0.769. The van der Waals surface area contributed by atoms with E-state index in [0.29, 0.717) is 13.2 Å². The summed E-state index contributed by atoms with van der Waals surface area (Å²) in [5.41, 5.74) is 6.91. The van der Waals surface area contributed by atoms with E-state index in [-0.39, 0.29) is 6.04 Å². The summed E-state index contributed by atoms with van der Waals surface area (Å²) in [5, 5.41) is 0. The molecule has 3 nitrogen and oxygen atoms in total. The molecule has 1 aromatic rings. The molecule has 0 aliphatic rings. The zero-order chi connectivity index (χ0) is 12.0. The van der Waals surface area contributed by atoms with Crippen molar-refractivity contribution in [3.63, 3.8) is 0 Å². The average molecular weight is 223 g/mol. The summed E-state index contributed by atoms with van der Waals surface area (Å²) in [6, 6.07) is 5.97. The molecule has 0 heterocycles. The first-order valence-corrected chi connectivity index (χ1v) is 5.82. The minimum Gasteiger partial charge on any atom is -0.493 e. The van der Waals surface area contributed by atoms with Crippen molar-refractivity contribution in [3.05, 3.63) is 23.8 Å². The lowest BCUT2D eigenvalue weighted by Crippen LogP contribution is -2.19. The monoisotopic (exact) mass is 223 g/mol. The van der Waals surface area contributed by atoms with Gasteiger partial charge in [-0.25, -0.2) is 0 Å². The van der Waals surface area contributed by atoms with Gasteiger partial charge >= 0.3 is 0 Å². The van der Waals surface area contributed by atoms with E-state index < -0.39 is 0 Å². The second-order valence-electron chi connectivity index (χ2n) is 3.78. The van der Waals surface area contributed by atoms with Gasteiger partial charge in [-0.3, -0.25) is 0 Å². The molecule has 90 valence electrons. The smallest absolute Gasteiger partial charge is 0.126 e. The van der Waals surface area contributed by atoms with Crippen molar-refractivity contribution in [3.8, 4) is 11.5 Å². The lowest BCUT2D eigenvalue weighted by atomic mass is 10.1. The van der Waals surface area contributed by atoms with Crippen molar-refractivity contribution >= 4 is 0 Å².